The molecule has 0 aliphatic carbocycles. The van der Waals surface area contributed by atoms with E-state index in [1.54, 1.807) is 0 Å². The van der Waals surface area contributed by atoms with E-state index >= 15 is 0 Å². The van der Waals surface area contributed by atoms with Gasteiger partial charge >= 0.3 is 0 Å². The lowest BCUT2D eigenvalue weighted by Crippen LogP contribution is -2.51. The van der Waals surface area contributed by atoms with Crippen LogP contribution in [0.25, 0.3) is 0 Å². The Balaban J connectivity index is 1.71. The standard InChI is InChI=1S/C17H24N2O/c1-11-10-20-16-5-3-2-4-15(16)17(11)19-13-6-7-14(19)9-12(18)8-13/h2-5,11-14,17H,6-10,18H2,1H3. The van der Waals surface area contributed by atoms with Gasteiger partial charge in [-0.2, -0.15) is 0 Å². The second-order valence-electron chi connectivity index (χ2n) is 6.83. The largest absolute Gasteiger partial charge is 0.493 e. The molecule has 3 aliphatic rings. The Labute approximate surface area is 121 Å². The summed E-state index contributed by atoms with van der Waals surface area (Å²) >= 11 is 0. The van der Waals surface area contributed by atoms with Gasteiger partial charge in [0.2, 0.25) is 0 Å². The SMILES string of the molecule is CC1COc2ccccc2C1N1C2CCC1CC(N)C2. The summed E-state index contributed by atoms with van der Waals surface area (Å²) in [6.07, 6.45) is 4.99. The van der Waals surface area contributed by atoms with E-state index in [4.69, 9.17) is 10.5 Å². The fourth-order valence-corrected chi connectivity index (χ4v) is 4.64. The number of nitrogens with zero attached hydrogens (tertiary/aromatic N) is 1. The fraction of sp³-hybridized carbons (Fsp3) is 0.647. The lowest BCUT2D eigenvalue weighted by molar-refractivity contribution is 0.0226. The molecule has 3 nitrogen and oxygen atoms in total. The van der Waals surface area contributed by atoms with Crippen LogP contribution in [0.3, 0.4) is 0 Å². The average Bonchev–Trinajstić information content (AvgIpc) is 2.70. The van der Waals surface area contributed by atoms with Crippen molar-refractivity contribution in [3.05, 3.63) is 29.8 Å². The lowest BCUT2D eigenvalue weighted by Gasteiger charge is -2.47. The molecule has 2 bridgehead atoms. The molecule has 2 saturated heterocycles. The van der Waals surface area contributed by atoms with Crippen molar-refractivity contribution in [3.8, 4) is 5.75 Å². The maximum atomic E-state index is 6.23. The predicted octanol–water partition coefficient (Wildman–Crippen LogP) is 2.71. The van der Waals surface area contributed by atoms with Crippen molar-refractivity contribution in [1.29, 1.82) is 0 Å². The highest BCUT2D eigenvalue weighted by Crippen LogP contribution is 2.47. The monoisotopic (exact) mass is 272 g/mol. The second kappa shape index (κ2) is 4.74. The van der Waals surface area contributed by atoms with Crippen LogP contribution in [0, 0.1) is 5.92 Å². The Morgan fingerprint density at radius 2 is 1.85 bits per heavy atom. The first-order valence-electron chi connectivity index (χ1n) is 7.99. The van der Waals surface area contributed by atoms with Crippen LogP contribution in [0.2, 0.25) is 0 Å². The summed E-state index contributed by atoms with van der Waals surface area (Å²) < 4.78 is 5.92. The van der Waals surface area contributed by atoms with Gasteiger partial charge in [-0.25, -0.2) is 0 Å². The summed E-state index contributed by atoms with van der Waals surface area (Å²) in [6.45, 7) is 3.16. The Hall–Kier alpha value is -1.06. The van der Waals surface area contributed by atoms with Crippen molar-refractivity contribution < 1.29 is 4.74 Å². The molecular weight excluding hydrogens is 248 g/mol. The van der Waals surface area contributed by atoms with Crippen molar-refractivity contribution in [2.75, 3.05) is 6.61 Å². The van der Waals surface area contributed by atoms with Crippen LogP contribution in [0.15, 0.2) is 24.3 Å². The molecule has 1 aromatic carbocycles. The van der Waals surface area contributed by atoms with E-state index in [0.29, 0.717) is 30.1 Å². The molecule has 3 heterocycles. The van der Waals surface area contributed by atoms with Gasteiger partial charge in [0, 0.05) is 35.6 Å². The van der Waals surface area contributed by atoms with Crippen molar-refractivity contribution in [1.82, 2.24) is 4.90 Å². The third kappa shape index (κ3) is 1.87. The topological polar surface area (TPSA) is 38.5 Å². The maximum absolute atomic E-state index is 6.23. The molecule has 4 atom stereocenters. The smallest absolute Gasteiger partial charge is 0.124 e. The van der Waals surface area contributed by atoms with Crippen LogP contribution >= 0.6 is 0 Å². The molecule has 4 unspecified atom stereocenters. The first-order chi connectivity index (χ1) is 9.74. The van der Waals surface area contributed by atoms with Gasteiger partial charge in [0.1, 0.15) is 5.75 Å². The maximum Gasteiger partial charge on any atom is 0.124 e. The highest BCUT2D eigenvalue weighted by Gasteiger charge is 2.46. The van der Waals surface area contributed by atoms with Crippen LogP contribution in [-0.4, -0.2) is 29.6 Å². The second-order valence-corrected chi connectivity index (χ2v) is 6.83. The minimum atomic E-state index is 0.411. The van der Waals surface area contributed by atoms with Crippen LogP contribution in [0.1, 0.15) is 44.2 Å². The summed E-state index contributed by atoms with van der Waals surface area (Å²) in [4.78, 5) is 2.79. The van der Waals surface area contributed by atoms with Gasteiger partial charge in [-0.3, -0.25) is 4.90 Å². The van der Waals surface area contributed by atoms with Crippen LogP contribution in [0.4, 0.5) is 0 Å². The van der Waals surface area contributed by atoms with Crippen molar-refractivity contribution in [3.63, 3.8) is 0 Å². The normalized spacial score (nSPS) is 40.2. The van der Waals surface area contributed by atoms with E-state index in [1.165, 1.54) is 31.2 Å². The number of hydrogen-bond donors (Lipinski definition) is 1. The molecular formula is C17H24N2O. The third-order valence-corrected chi connectivity index (χ3v) is 5.43. The number of nitrogens with two attached hydrogens (primary N) is 1. The summed E-state index contributed by atoms with van der Waals surface area (Å²) in [5.74, 6) is 1.65. The number of hydrogen-bond acceptors (Lipinski definition) is 3. The first kappa shape index (κ1) is 12.7. The Morgan fingerprint density at radius 3 is 2.60 bits per heavy atom. The molecule has 0 saturated carbocycles. The number of piperidine rings is 1. The minimum absolute atomic E-state index is 0.411. The van der Waals surface area contributed by atoms with E-state index in [0.717, 1.165) is 12.4 Å². The van der Waals surface area contributed by atoms with Gasteiger partial charge in [0.15, 0.2) is 0 Å². The fourth-order valence-electron chi connectivity index (χ4n) is 4.64. The van der Waals surface area contributed by atoms with E-state index in [1.807, 2.05) is 0 Å². The van der Waals surface area contributed by atoms with E-state index in [9.17, 15) is 0 Å². The summed E-state index contributed by atoms with van der Waals surface area (Å²) in [5.41, 5.74) is 7.61. The number of para-hydroxylation sites is 1. The van der Waals surface area contributed by atoms with Gasteiger partial charge in [-0.1, -0.05) is 25.1 Å². The van der Waals surface area contributed by atoms with Crippen molar-refractivity contribution in [2.24, 2.45) is 11.7 Å². The summed E-state index contributed by atoms with van der Waals surface area (Å²) in [6, 6.07) is 10.9. The van der Waals surface area contributed by atoms with E-state index in [2.05, 4.69) is 36.1 Å². The molecule has 0 aromatic heterocycles. The molecule has 0 spiro atoms. The molecule has 0 radical (unpaired) electrons. The quantitative estimate of drug-likeness (QED) is 0.854. The highest BCUT2D eigenvalue weighted by atomic mass is 16.5. The van der Waals surface area contributed by atoms with E-state index in [-0.39, 0.29) is 0 Å². The van der Waals surface area contributed by atoms with Crippen LogP contribution in [0.5, 0.6) is 5.75 Å². The molecule has 0 amide bonds. The van der Waals surface area contributed by atoms with Crippen LogP contribution in [-0.2, 0) is 0 Å². The Morgan fingerprint density at radius 1 is 1.15 bits per heavy atom. The lowest BCUT2D eigenvalue weighted by atomic mass is 9.86. The molecule has 2 fully saturated rings. The van der Waals surface area contributed by atoms with Crippen LogP contribution < -0.4 is 10.5 Å². The zero-order valence-electron chi connectivity index (χ0n) is 12.2. The first-order valence-corrected chi connectivity index (χ1v) is 7.99. The molecule has 1 aromatic rings. The Bertz CT molecular complexity index is 490. The molecule has 4 rings (SSSR count). The minimum Gasteiger partial charge on any atom is -0.493 e. The molecule has 3 heteroatoms. The van der Waals surface area contributed by atoms with Gasteiger partial charge in [-0.15, -0.1) is 0 Å². The van der Waals surface area contributed by atoms with Crippen molar-refractivity contribution in [2.45, 2.75) is 56.8 Å². The zero-order chi connectivity index (χ0) is 13.7. The van der Waals surface area contributed by atoms with Gasteiger partial charge in [-0.05, 0) is 31.7 Å². The Kier molecular flexibility index (Phi) is 3.00. The van der Waals surface area contributed by atoms with Crippen molar-refractivity contribution >= 4 is 0 Å². The van der Waals surface area contributed by atoms with Gasteiger partial charge in [0.25, 0.3) is 0 Å². The van der Waals surface area contributed by atoms with Gasteiger partial charge < -0.3 is 10.5 Å². The molecule has 3 aliphatic heterocycles. The number of fused-ring (bicyclic) bond motifs is 3. The summed E-state index contributed by atoms with van der Waals surface area (Å²) in [5, 5.41) is 0. The number of benzene rings is 1. The molecule has 20 heavy (non-hydrogen) atoms. The zero-order valence-corrected chi connectivity index (χ0v) is 12.2. The number of rotatable bonds is 1. The van der Waals surface area contributed by atoms with E-state index < -0.39 is 0 Å². The van der Waals surface area contributed by atoms with Gasteiger partial charge in [0.05, 0.1) is 6.61 Å². The molecule has 108 valence electrons. The predicted molar refractivity (Wildman–Crippen MR) is 79.7 cm³/mol. The highest BCUT2D eigenvalue weighted by molar-refractivity contribution is 5.38. The molecule has 2 N–H and O–H groups in total. The number of ether oxygens (including phenoxy) is 1. The third-order valence-electron chi connectivity index (χ3n) is 5.43. The average molecular weight is 272 g/mol. The summed E-state index contributed by atoms with van der Waals surface area (Å²) in [7, 11) is 0.